The molecule has 1 saturated heterocycles. The first-order chi connectivity index (χ1) is 8.21. The first kappa shape index (κ1) is 17.5. The van der Waals surface area contributed by atoms with Crippen molar-refractivity contribution in [3.63, 3.8) is 0 Å². The predicted molar refractivity (Wildman–Crippen MR) is 50.1 cm³/mol. The lowest BCUT2D eigenvalue weighted by atomic mass is 10.4. The Balaban J connectivity index is 0.000000397. The van der Waals surface area contributed by atoms with E-state index in [2.05, 4.69) is 29.4 Å². The van der Waals surface area contributed by atoms with Crippen molar-refractivity contribution in [3.05, 3.63) is 0 Å². The number of hydrogen-bond donors (Lipinski definition) is 2. The molecular formula is C4H10F2N2O8S2. The highest BCUT2D eigenvalue weighted by Gasteiger charge is 2.13. The Hall–Kier alpha value is -0.480. The first-order valence-corrected chi connectivity index (χ1v) is 6.84. The van der Waals surface area contributed by atoms with Crippen LogP contribution in [0.3, 0.4) is 0 Å². The van der Waals surface area contributed by atoms with Crippen LogP contribution in [-0.4, -0.2) is 43.0 Å². The van der Waals surface area contributed by atoms with Crippen molar-refractivity contribution in [3.8, 4) is 0 Å². The van der Waals surface area contributed by atoms with E-state index in [-0.39, 0.29) is 0 Å². The van der Waals surface area contributed by atoms with Crippen LogP contribution in [0.2, 0.25) is 0 Å². The lowest BCUT2D eigenvalue weighted by Crippen LogP contribution is -2.39. The second-order valence-electron chi connectivity index (χ2n) is 2.56. The summed E-state index contributed by atoms with van der Waals surface area (Å²) < 4.78 is 65.3. The predicted octanol–water partition coefficient (Wildman–Crippen LogP) is -1.59. The van der Waals surface area contributed by atoms with Crippen LogP contribution in [0.5, 0.6) is 0 Å². The van der Waals surface area contributed by atoms with E-state index >= 15 is 0 Å². The Morgan fingerprint density at radius 2 is 1.00 bits per heavy atom. The molecule has 0 aliphatic carbocycles. The third-order valence-corrected chi connectivity index (χ3v) is 1.64. The van der Waals surface area contributed by atoms with E-state index in [0.29, 0.717) is 0 Å². The van der Waals surface area contributed by atoms with Crippen molar-refractivity contribution in [2.24, 2.45) is 0 Å². The van der Waals surface area contributed by atoms with E-state index in [1.54, 1.807) is 0 Å². The van der Waals surface area contributed by atoms with Crippen molar-refractivity contribution >= 4 is 21.0 Å². The molecule has 1 fully saturated rings. The summed E-state index contributed by atoms with van der Waals surface area (Å²) in [4.78, 5) is 0. The maximum absolute atomic E-state index is 11.3. The van der Waals surface area contributed by atoms with Crippen molar-refractivity contribution in [2.45, 2.75) is 0 Å². The van der Waals surface area contributed by atoms with Crippen LogP contribution in [0, 0.1) is 0 Å². The van der Waals surface area contributed by atoms with E-state index in [9.17, 15) is 24.6 Å². The fraction of sp³-hybridized carbons (Fsp3) is 1.00. The van der Waals surface area contributed by atoms with Gasteiger partial charge in [-0.05, 0) is 18.7 Å². The van der Waals surface area contributed by atoms with Gasteiger partial charge >= 0.3 is 21.0 Å². The van der Waals surface area contributed by atoms with E-state index in [4.69, 9.17) is 0 Å². The molecule has 0 saturated carbocycles. The molecule has 0 bridgehead atoms. The quantitative estimate of drug-likeness (QED) is 0.265. The van der Waals surface area contributed by atoms with Gasteiger partial charge in [-0.3, -0.25) is 0 Å². The molecule has 0 atom stereocenters. The number of halogens is 2. The topological polar surface area (TPSA) is 129 Å². The van der Waals surface area contributed by atoms with Gasteiger partial charge < -0.3 is 10.6 Å². The van der Waals surface area contributed by atoms with Gasteiger partial charge in [-0.2, -0.15) is 16.8 Å². The molecule has 0 aromatic carbocycles. The van der Waals surface area contributed by atoms with Crippen LogP contribution in [-0.2, 0) is 39.8 Å². The summed E-state index contributed by atoms with van der Waals surface area (Å²) in [5.74, 6) is 0. The van der Waals surface area contributed by atoms with Gasteiger partial charge in [0.05, 0.1) is 0 Å². The summed E-state index contributed by atoms with van der Waals surface area (Å²) >= 11 is 0. The first-order valence-electron chi connectivity index (χ1n) is 4.22. The standard InChI is InChI=1S/C4H10N2.F2O8S2/c1-2-6-4-3-5-1;1-11(3,4)9-7-8-10-12(2,5)6/h5-6H,1-4H2;. The molecule has 10 nitrogen and oxygen atoms in total. The van der Waals surface area contributed by atoms with Crippen molar-refractivity contribution < 1.29 is 43.4 Å². The zero-order chi connectivity index (χ0) is 14.1. The Morgan fingerprint density at radius 3 is 1.17 bits per heavy atom. The summed E-state index contributed by atoms with van der Waals surface area (Å²) in [5.41, 5.74) is 0. The normalized spacial score (nSPS) is 16.8. The van der Waals surface area contributed by atoms with Crippen molar-refractivity contribution in [2.75, 3.05) is 26.2 Å². The van der Waals surface area contributed by atoms with Gasteiger partial charge in [0.15, 0.2) is 0 Å². The van der Waals surface area contributed by atoms with E-state index in [1.807, 2.05) is 0 Å². The fourth-order valence-corrected chi connectivity index (χ4v) is 0.871. The highest BCUT2D eigenvalue weighted by molar-refractivity contribution is 7.81. The summed E-state index contributed by atoms with van der Waals surface area (Å²) in [5, 5.41) is 12.0. The molecule has 18 heavy (non-hydrogen) atoms. The zero-order valence-electron chi connectivity index (χ0n) is 8.67. The molecule has 0 aromatic heterocycles. The minimum Gasteiger partial charge on any atom is -0.314 e. The molecule has 2 N–H and O–H groups in total. The summed E-state index contributed by atoms with van der Waals surface area (Å²) in [6.45, 7) is 4.56. The number of hydrogen-bond acceptors (Lipinski definition) is 10. The molecule has 0 radical (unpaired) electrons. The Labute approximate surface area is 102 Å². The van der Waals surface area contributed by atoms with Crippen LogP contribution < -0.4 is 10.6 Å². The Morgan fingerprint density at radius 1 is 0.722 bits per heavy atom. The van der Waals surface area contributed by atoms with Gasteiger partial charge in [-0.25, -0.2) is 0 Å². The van der Waals surface area contributed by atoms with E-state index < -0.39 is 21.0 Å². The van der Waals surface area contributed by atoms with Gasteiger partial charge in [0.2, 0.25) is 0 Å². The SMILES string of the molecule is C1CNCCN1.O=S(=O)(F)OOOOS(=O)(=O)F. The summed E-state index contributed by atoms with van der Waals surface area (Å²) in [6.07, 6.45) is 0. The number of nitrogens with one attached hydrogen (secondary N) is 2. The third kappa shape index (κ3) is 15.5. The molecule has 1 aliphatic heterocycles. The van der Waals surface area contributed by atoms with E-state index in [1.165, 1.54) is 0 Å². The maximum atomic E-state index is 11.3. The van der Waals surface area contributed by atoms with Crippen LogP contribution in [0.15, 0.2) is 0 Å². The maximum Gasteiger partial charge on any atom is 0.466 e. The number of rotatable bonds is 5. The highest BCUT2D eigenvalue weighted by Crippen LogP contribution is 1.99. The minimum absolute atomic E-state index is 1.14. The molecule has 1 aliphatic rings. The van der Waals surface area contributed by atoms with Gasteiger partial charge in [0.1, 0.15) is 0 Å². The molecule has 0 unspecified atom stereocenters. The molecule has 1 heterocycles. The fourth-order valence-electron chi connectivity index (χ4n) is 0.693. The second kappa shape index (κ2) is 8.59. The third-order valence-electron chi connectivity index (χ3n) is 1.20. The Bertz CT molecular complexity index is 361. The summed E-state index contributed by atoms with van der Waals surface area (Å²) in [7, 11) is -11.0. The molecule has 0 spiro atoms. The molecule has 1 rings (SSSR count). The van der Waals surface area contributed by atoms with Crippen LogP contribution >= 0.6 is 0 Å². The lowest BCUT2D eigenvalue weighted by Gasteiger charge is -2.11. The van der Waals surface area contributed by atoms with Crippen LogP contribution in [0.25, 0.3) is 0 Å². The van der Waals surface area contributed by atoms with E-state index in [0.717, 1.165) is 26.2 Å². The van der Waals surface area contributed by atoms with Gasteiger partial charge in [-0.1, -0.05) is 7.77 Å². The molecular weight excluding hydrogens is 306 g/mol. The van der Waals surface area contributed by atoms with Crippen molar-refractivity contribution in [1.82, 2.24) is 10.6 Å². The average molecular weight is 316 g/mol. The minimum atomic E-state index is -5.49. The highest BCUT2D eigenvalue weighted by atomic mass is 32.3. The summed E-state index contributed by atoms with van der Waals surface area (Å²) in [6, 6.07) is 0. The van der Waals surface area contributed by atoms with Gasteiger partial charge in [0.25, 0.3) is 0 Å². The van der Waals surface area contributed by atoms with Crippen LogP contribution in [0.1, 0.15) is 0 Å². The Kier molecular flexibility index (Phi) is 8.36. The van der Waals surface area contributed by atoms with Gasteiger partial charge in [-0.15, -0.1) is 0 Å². The van der Waals surface area contributed by atoms with Gasteiger partial charge in [0, 0.05) is 26.2 Å². The molecule has 110 valence electrons. The van der Waals surface area contributed by atoms with Crippen molar-refractivity contribution in [1.29, 1.82) is 0 Å². The lowest BCUT2D eigenvalue weighted by molar-refractivity contribution is -0.576. The molecule has 14 heteroatoms. The second-order valence-corrected chi connectivity index (χ2v) is 4.40. The largest absolute Gasteiger partial charge is 0.466 e. The smallest absolute Gasteiger partial charge is 0.314 e. The number of piperazine rings is 1. The monoisotopic (exact) mass is 316 g/mol. The molecule has 0 amide bonds. The van der Waals surface area contributed by atoms with Crippen LogP contribution in [0.4, 0.5) is 7.77 Å². The molecule has 0 aromatic rings. The zero-order valence-corrected chi connectivity index (χ0v) is 10.3. The average Bonchev–Trinajstić information content (AvgIpc) is 2.25.